The fourth-order valence-electron chi connectivity index (χ4n) is 1.89. The summed E-state index contributed by atoms with van der Waals surface area (Å²) >= 11 is 9.80. The first-order valence-corrected chi connectivity index (χ1v) is 6.04. The van der Waals surface area contributed by atoms with Crippen LogP contribution >= 0.6 is 27.5 Å². The van der Waals surface area contributed by atoms with E-state index in [4.69, 9.17) is 11.6 Å². The van der Waals surface area contributed by atoms with E-state index < -0.39 is 0 Å². The van der Waals surface area contributed by atoms with Gasteiger partial charge < -0.3 is 4.98 Å². The molecule has 0 spiro atoms. The van der Waals surface area contributed by atoms with Gasteiger partial charge in [-0.05, 0) is 23.1 Å². The van der Waals surface area contributed by atoms with Gasteiger partial charge in [-0.25, -0.2) is 0 Å². The fourth-order valence-corrected chi connectivity index (χ4v) is 3.07. The second kappa shape index (κ2) is 3.53. The molecule has 0 aliphatic rings. The van der Waals surface area contributed by atoms with Crippen LogP contribution in [0.5, 0.6) is 0 Å². The Morgan fingerprint density at radius 1 is 1.27 bits per heavy atom. The van der Waals surface area contributed by atoms with Crippen LogP contribution in [0.1, 0.15) is 26.3 Å². The molecule has 0 atom stereocenters. The third-order valence-electron chi connectivity index (χ3n) is 2.50. The summed E-state index contributed by atoms with van der Waals surface area (Å²) < 4.78 is 1.11. The first kappa shape index (κ1) is 11.0. The van der Waals surface area contributed by atoms with E-state index in [2.05, 4.69) is 47.8 Å². The lowest BCUT2D eigenvalue weighted by atomic mass is 9.85. The van der Waals surface area contributed by atoms with Crippen molar-refractivity contribution in [1.29, 1.82) is 0 Å². The van der Waals surface area contributed by atoms with Crippen LogP contribution in [-0.2, 0) is 5.41 Å². The van der Waals surface area contributed by atoms with E-state index >= 15 is 0 Å². The van der Waals surface area contributed by atoms with Gasteiger partial charge in [-0.15, -0.1) is 0 Å². The Hall–Kier alpha value is -0.470. The number of hydrogen-bond acceptors (Lipinski definition) is 0. The van der Waals surface area contributed by atoms with Crippen molar-refractivity contribution in [3.05, 3.63) is 33.4 Å². The second-order valence-corrected chi connectivity index (χ2v) is 5.99. The number of halogens is 2. The second-order valence-electron chi connectivity index (χ2n) is 4.73. The van der Waals surface area contributed by atoms with Gasteiger partial charge in [0, 0.05) is 21.6 Å². The third-order valence-corrected chi connectivity index (χ3v) is 3.46. The van der Waals surface area contributed by atoms with Crippen LogP contribution in [0.15, 0.2) is 22.8 Å². The Labute approximate surface area is 103 Å². The Kier molecular flexibility index (Phi) is 2.60. The fraction of sp³-hybridized carbons (Fsp3) is 0.333. The van der Waals surface area contributed by atoms with Gasteiger partial charge in [-0.1, -0.05) is 48.3 Å². The third kappa shape index (κ3) is 1.81. The maximum atomic E-state index is 6.20. The molecule has 0 bridgehead atoms. The van der Waals surface area contributed by atoms with E-state index in [1.165, 1.54) is 5.56 Å². The minimum atomic E-state index is 0.0736. The van der Waals surface area contributed by atoms with Crippen molar-refractivity contribution in [2.24, 2.45) is 0 Å². The molecule has 0 aliphatic heterocycles. The lowest BCUT2D eigenvalue weighted by Crippen LogP contribution is -2.12. The molecule has 1 nitrogen and oxygen atoms in total. The molecule has 1 N–H and O–H groups in total. The predicted octanol–water partition coefficient (Wildman–Crippen LogP) is 4.88. The van der Waals surface area contributed by atoms with Gasteiger partial charge in [-0.3, -0.25) is 0 Å². The molecule has 0 amide bonds. The largest absolute Gasteiger partial charge is 0.360 e. The molecule has 0 saturated carbocycles. The quantitative estimate of drug-likeness (QED) is 0.710. The van der Waals surface area contributed by atoms with Gasteiger partial charge in [0.2, 0.25) is 0 Å². The summed E-state index contributed by atoms with van der Waals surface area (Å²) in [4.78, 5) is 3.17. The van der Waals surface area contributed by atoms with Crippen molar-refractivity contribution < 1.29 is 0 Å². The predicted molar refractivity (Wildman–Crippen MR) is 69.7 cm³/mol. The number of fused-ring (bicyclic) bond motifs is 1. The molecule has 2 rings (SSSR count). The summed E-state index contributed by atoms with van der Waals surface area (Å²) in [7, 11) is 0. The molecular formula is C12H13BrClN. The van der Waals surface area contributed by atoms with Gasteiger partial charge in [0.15, 0.2) is 0 Å². The zero-order valence-corrected chi connectivity index (χ0v) is 11.3. The Morgan fingerprint density at radius 3 is 2.53 bits per heavy atom. The van der Waals surface area contributed by atoms with Crippen molar-refractivity contribution in [2.75, 3.05) is 0 Å². The summed E-state index contributed by atoms with van der Waals surface area (Å²) in [6, 6.07) is 4.11. The molecule has 2 aromatic rings. The Balaban J connectivity index is 2.90. The SMILES string of the molecule is CC(C)(C)c1c(Br)ccc2[nH]cc(Cl)c12. The zero-order chi connectivity index (χ0) is 11.2. The van der Waals surface area contributed by atoms with Crippen LogP contribution in [-0.4, -0.2) is 4.98 Å². The minimum absolute atomic E-state index is 0.0736. The smallest absolute Gasteiger partial charge is 0.0662 e. The van der Waals surface area contributed by atoms with Crippen LogP contribution in [0.4, 0.5) is 0 Å². The number of H-pyrrole nitrogens is 1. The van der Waals surface area contributed by atoms with Crippen LogP contribution < -0.4 is 0 Å². The monoisotopic (exact) mass is 285 g/mol. The first-order chi connectivity index (χ1) is 6.91. The summed E-state index contributed by atoms with van der Waals surface area (Å²) in [6.07, 6.45) is 1.84. The number of hydrogen-bond donors (Lipinski definition) is 1. The molecule has 1 heterocycles. The molecule has 0 fully saturated rings. The van der Waals surface area contributed by atoms with Crippen LogP contribution in [0.25, 0.3) is 10.9 Å². The van der Waals surface area contributed by atoms with Gasteiger partial charge >= 0.3 is 0 Å². The van der Waals surface area contributed by atoms with E-state index in [1.807, 2.05) is 12.3 Å². The highest BCUT2D eigenvalue weighted by atomic mass is 79.9. The highest BCUT2D eigenvalue weighted by molar-refractivity contribution is 9.10. The van der Waals surface area contributed by atoms with Crippen LogP contribution in [0.3, 0.4) is 0 Å². The van der Waals surface area contributed by atoms with Crippen molar-refractivity contribution >= 4 is 38.4 Å². The molecule has 0 saturated heterocycles. The van der Waals surface area contributed by atoms with Crippen LogP contribution in [0.2, 0.25) is 5.02 Å². The standard InChI is InChI=1S/C12H13BrClN/c1-12(2,3)11-7(13)4-5-9-10(11)8(14)6-15-9/h4-6,15H,1-3H3. The molecule has 0 aliphatic carbocycles. The summed E-state index contributed by atoms with van der Waals surface area (Å²) in [5.41, 5.74) is 2.42. The number of rotatable bonds is 0. The zero-order valence-electron chi connectivity index (χ0n) is 8.99. The minimum Gasteiger partial charge on any atom is -0.360 e. The molecule has 3 heteroatoms. The van der Waals surface area contributed by atoms with E-state index in [9.17, 15) is 0 Å². The van der Waals surface area contributed by atoms with E-state index in [-0.39, 0.29) is 5.41 Å². The summed E-state index contributed by atoms with van der Waals surface area (Å²) in [6.45, 7) is 6.57. The highest BCUT2D eigenvalue weighted by Crippen LogP contribution is 2.38. The van der Waals surface area contributed by atoms with Gasteiger partial charge in [0.1, 0.15) is 0 Å². The summed E-state index contributed by atoms with van der Waals surface area (Å²) in [5.74, 6) is 0. The molecule has 15 heavy (non-hydrogen) atoms. The van der Waals surface area contributed by atoms with Gasteiger partial charge in [0.25, 0.3) is 0 Å². The number of aromatic nitrogens is 1. The van der Waals surface area contributed by atoms with Crippen molar-refractivity contribution in [3.8, 4) is 0 Å². The van der Waals surface area contributed by atoms with Gasteiger partial charge in [-0.2, -0.15) is 0 Å². The number of nitrogens with one attached hydrogen (secondary N) is 1. The van der Waals surface area contributed by atoms with E-state index in [1.54, 1.807) is 0 Å². The number of aromatic amines is 1. The van der Waals surface area contributed by atoms with Crippen molar-refractivity contribution in [3.63, 3.8) is 0 Å². The highest BCUT2D eigenvalue weighted by Gasteiger charge is 2.22. The normalized spacial score (nSPS) is 12.3. The molecular weight excluding hydrogens is 273 g/mol. The molecule has 0 unspecified atom stereocenters. The Bertz CT molecular complexity index is 508. The van der Waals surface area contributed by atoms with E-state index in [0.29, 0.717) is 0 Å². The maximum absolute atomic E-state index is 6.20. The average molecular weight is 287 g/mol. The molecule has 1 aromatic heterocycles. The maximum Gasteiger partial charge on any atom is 0.0662 e. The topological polar surface area (TPSA) is 15.8 Å². The molecule has 1 aromatic carbocycles. The number of benzene rings is 1. The lowest BCUT2D eigenvalue weighted by molar-refractivity contribution is 0.593. The molecule has 80 valence electrons. The first-order valence-electron chi connectivity index (χ1n) is 4.87. The van der Waals surface area contributed by atoms with Crippen molar-refractivity contribution in [2.45, 2.75) is 26.2 Å². The summed E-state index contributed by atoms with van der Waals surface area (Å²) in [5, 5.41) is 1.91. The molecule has 0 radical (unpaired) electrons. The average Bonchev–Trinajstić information content (AvgIpc) is 2.46. The van der Waals surface area contributed by atoms with E-state index in [0.717, 1.165) is 20.4 Å². The van der Waals surface area contributed by atoms with Gasteiger partial charge in [0.05, 0.1) is 5.02 Å². The lowest BCUT2D eigenvalue weighted by Gasteiger charge is -2.22. The van der Waals surface area contributed by atoms with Crippen LogP contribution in [0, 0.1) is 0 Å². The Morgan fingerprint density at radius 2 is 1.93 bits per heavy atom. The van der Waals surface area contributed by atoms with Crippen molar-refractivity contribution in [1.82, 2.24) is 4.98 Å².